The maximum Gasteiger partial charge on any atom is 0.0649 e. The van der Waals surface area contributed by atoms with Crippen molar-refractivity contribution < 1.29 is 5.11 Å². The van der Waals surface area contributed by atoms with E-state index in [0.29, 0.717) is 12.1 Å². The van der Waals surface area contributed by atoms with Gasteiger partial charge in [0.2, 0.25) is 0 Å². The topological polar surface area (TPSA) is 23.5 Å². The molecule has 2 heterocycles. The van der Waals surface area contributed by atoms with E-state index in [2.05, 4.69) is 11.8 Å². The summed E-state index contributed by atoms with van der Waals surface area (Å²) in [4.78, 5) is 2.62. The number of piperidine rings is 1. The van der Waals surface area contributed by atoms with Crippen LogP contribution in [0.2, 0.25) is 0 Å². The van der Waals surface area contributed by atoms with Gasteiger partial charge in [-0.1, -0.05) is 6.92 Å². The molecule has 0 aromatic rings. The lowest BCUT2D eigenvalue weighted by Gasteiger charge is -2.42. The zero-order valence-electron chi connectivity index (χ0n) is 8.79. The maximum absolute atomic E-state index is 10.0. The lowest BCUT2D eigenvalue weighted by molar-refractivity contribution is -0.0381. The van der Waals surface area contributed by atoms with Crippen molar-refractivity contribution in [2.45, 2.75) is 63.6 Å². The number of aliphatic hydroxyl groups is 1. The molecule has 0 aliphatic carbocycles. The summed E-state index contributed by atoms with van der Waals surface area (Å²) >= 11 is 0. The second kappa shape index (κ2) is 3.25. The molecule has 0 amide bonds. The summed E-state index contributed by atoms with van der Waals surface area (Å²) < 4.78 is 0. The highest BCUT2D eigenvalue weighted by atomic mass is 16.3. The molecule has 2 nitrogen and oxygen atoms in total. The van der Waals surface area contributed by atoms with Crippen LogP contribution in [0.1, 0.15) is 46.0 Å². The van der Waals surface area contributed by atoms with Crippen molar-refractivity contribution in [1.29, 1.82) is 0 Å². The van der Waals surface area contributed by atoms with Crippen molar-refractivity contribution >= 4 is 0 Å². The smallest absolute Gasteiger partial charge is 0.0649 e. The van der Waals surface area contributed by atoms with Gasteiger partial charge in [-0.3, -0.25) is 4.90 Å². The molecule has 76 valence electrons. The van der Waals surface area contributed by atoms with Crippen LogP contribution in [0, 0.1) is 0 Å². The van der Waals surface area contributed by atoms with Gasteiger partial charge in [-0.05, 0) is 45.6 Å². The average Bonchev–Trinajstić information content (AvgIpc) is 2.31. The lowest BCUT2D eigenvalue weighted by atomic mass is 9.88. The molecule has 2 fully saturated rings. The Morgan fingerprint density at radius 2 is 1.85 bits per heavy atom. The molecule has 2 bridgehead atoms. The molecule has 0 aromatic carbocycles. The minimum absolute atomic E-state index is 0.379. The third-order valence-corrected chi connectivity index (χ3v) is 3.60. The number of hydrogen-bond acceptors (Lipinski definition) is 2. The van der Waals surface area contributed by atoms with E-state index in [0.717, 1.165) is 12.8 Å². The fraction of sp³-hybridized carbons (Fsp3) is 1.00. The van der Waals surface area contributed by atoms with Gasteiger partial charge in [-0.2, -0.15) is 0 Å². The number of rotatable bonds is 2. The van der Waals surface area contributed by atoms with E-state index in [4.69, 9.17) is 0 Å². The highest BCUT2D eigenvalue weighted by molar-refractivity contribution is 4.99. The third-order valence-electron chi connectivity index (χ3n) is 3.60. The second-order valence-corrected chi connectivity index (χ2v) is 5.03. The first-order valence-electron chi connectivity index (χ1n) is 5.60. The fourth-order valence-corrected chi connectivity index (χ4v) is 3.18. The van der Waals surface area contributed by atoms with Crippen LogP contribution in [0.5, 0.6) is 0 Å². The van der Waals surface area contributed by atoms with Gasteiger partial charge in [0, 0.05) is 12.1 Å². The quantitative estimate of drug-likeness (QED) is 0.705. The summed E-state index contributed by atoms with van der Waals surface area (Å²) in [5.74, 6) is 0. The van der Waals surface area contributed by atoms with E-state index in [1.807, 2.05) is 6.92 Å². The van der Waals surface area contributed by atoms with E-state index in [1.165, 1.54) is 25.8 Å². The van der Waals surface area contributed by atoms with Gasteiger partial charge in [-0.15, -0.1) is 0 Å². The predicted molar refractivity (Wildman–Crippen MR) is 53.7 cm³/mol. The first-order chi connectivity index (χ1) is 6.12. The Hall–Kier alpha value is -0.0800. The third kappa shape index (κ3) is 1.75. The molecular weight excluding hydrogens is 162 g/mol. The monoisotopic (exact) mass is 183 g/mol. The Labute approximate surface area is 80.9 Å². The molecule has 1 N–H and O–H groups in total. The Balaban J connectivity index is 2.04. The Morgan fingerprint density at radius 3 is 2.31 bits per heavy atom. The zero-order valence-corrected chi connectivity index (χ0v) is 8.79. The van der Waals surface area contributed by atoms with Crippen LogP contribution in [0.4, 0.5) is 0 Å². The summed E-state index contributed by atoms with van der Waals surface area (Å²) in [6.45, 7) is 5.47. The molecular formula is C11H21NO. The molecule has 2 rings (SSSR count). The van der Waals surface area contributed by atoms with Crippen molar-refractivity contribution in [2.75, 3.05) is 6.54 Å². The Morgan fingerprint density at radius 1 is 1.31 bits per heavy atom. The van der Waals surface area contributed by atoms with Gasteiger partial charge in [-0.25, -0.2) is 0 Å². The number of fused-ring (bicyclic) bond motifs is 2. The molecule has 0 saturated carbocycles. The van der Waals surface area contributed by atoms with Crippen molar-refractivity contribution in [2.24, 2.45) is 0 Å². The molecule has 2 heteroatoms. The van der Waals surface area contributed by atoms with Crippen molar-refractivity contribution in [3.8, 4) is 0 Å². The van der Waals surface area contributed by atoms with Crippen LogP contribution in [0.3, 0.4) is 0 Å². The fourth-order valence-electron chi connectivity index (χ4n) is 3.18. The molecule has 2 saturated heterocycles. The van der Waals surface area contributed by atoms with Crippen molar-refractivity contribution in [1.82, 2.24) is 4.90 Å². The summed E-state index contributed by atoms with van der Waals surface area (Å²) in [7, 11) is 0. The van der Waals surface area contributed by atoms with Gasteiger partial charge in [0.1, 0.15) is 0 Å². The van der Waals surface area contributed by atoms with Crippen LogP contribution in [-0.2, 0) is 0 Å². The van der Waals surface area contributed by atoms with E-state index in [9.17, 15) is 5.11 Å². The van der Waals surface area contributed by atoms with E-state index >= 15 is 0 Å². The Kier molecular flexibility index (Phi) is 2.37. The second-order valence-electron chi connectivity index (χ2n) is 5.03. The minimum Gasteiger partial charge on any atom is -0.390 e. The Bertz CT molecular complexity index is 175. The van der Waals surface area contributed by atoms with Crippen molar-refractivity contribution in [3.05, 3.63) is 0 Å². The van der Waals surface area contributed by atoms with E-state index < -0.39 is 0 Å². The summed E-state index contributed by atoms with van der Waals surface area (Å²) in [5.41, 5.74) is -0.379. The summed E-state index contributed by atoms with van der Waals surface area (Å²) in [6.07, 6.45) is 5.84. The highest BCUT2D eigenvalue weighted by Gasteiger charge is 2.44. The highest BCUT2D eigenvalue weighted by Crippen LogP contribution is 2.40. The molecule has 0 spiro atoms. The predicted octanol–water partition coefficient (Wildman–Crippen LogP) is 1.77. The SMILES string of the molecule is CCCN1[C@@H]2CC[C@H]1CC(C)(O)C2. The van der Waals surface area contributed by atoms with Crippen LogP contribution in [0.15, 0.2) is 0 Å². The largest absolute Gasteiger partial charge is 0.390 e. The standard InChI is InChI=1S/C11H21NO/c1-3-6-12-9-4-5-10(12)8-11(2,13)7-9/h9-10,13H,3-8H2,1-2H3/t9-,10+,11?. The molecule has 1 unspecified atom stereocenters. The van der Waals surface area contributed by atoms with E-state index in [-0.39, 0.29) is 5.60 Å². The van der Waals surface area contributed by atoms with Gasteiger partial charge < -0.3 is 5.11 Å². The number of nitrogens with zero attached hydrogens (tertiary/aromatic N) is 1. The van der Waals surface area contributed by atoms with Crippen LogP contribution in [-0.4, -0.2) is 34.2 Å². The van der Waals surface area contributed by atoms with Gasteiger partial charge in [0.15, 0.2) is 0 Å². The minimum atomic E-state index is -0.379. The first kappa shape index (κ1) is 9.47. The average molecular weight is 183 g/mol. The molecule has 0 aromatic heterocycles. The maximum atomic E-state index is 10.0. The van der Waals surface area contributed by atoms with Crippen LogP contribution >= 0.6 is 0 Å². The van der Waals surface area contributed by atoms with E-state index in [1.54, 1.807) is 0 Å². The van der Waals surface area contributed by atoms with Gasteiger partial charge in [0.25, 0.3) is 0 Å². The lowest BCUT2D eigenvalue weighted by Crippen LogP contribution is -2.49. The molecule has 0 radical (unpaired) electrons. The molecule has 2 aliphatic rings. The molecule has 3 atom stereocenters. The van der Waals surface area contributed by atoms with Crippen molar-refractivity contribution in [3.63, 3.8) is 0 Å². The van der Waals surface area contributed by atoms with Gasteiger partial charge >= 0.3 is 0 Å². The normalized spacial score (nSPS) is 45.5. The van der Waals surface area contributed by atoms with Crippen LogP contribution < -0.4 is 0 Å². The first-order valence-corrected chi connectivity index (χ1v) is 5.60. The van der Waals surface area contributed by atoms with Gasteiger partial charge in [0.05, 0.1) is 5.60 Å². The molecule has 13 heavy (non-hydrogen) atoms. The van der Waals surface area contributed by atoms with Crippen LogP contribution in [0.25, 0.3) is 0 Å². The summed E-state index contributed by atoms with van der Waals surface area (Å²) in [5, 5.41) is 10.0. The molecule has 2 aliphatic heterocycles. The zero-order chi connectivity index (χ0) is 9.47. The summed E-state index contributed by atoms with van der Waals surface area (Å²) in [6, 6.07) is 1.35. The number of hydrogen-bond donors (Lipinski definition) is 1.